The Labute approximate surface area is 188 Å². The van der Waals surface area contributed by atoms with Crippen molar-refractivity contribution in [2.45, 2.75) is 12.6 Å². The summed E-state index contributed by atoms with van der Waals surface area (Å²) in [5.74, 6) is 2.24. The maximum atomic E-state index is 8.74. The first-order valence-corrected chi connectivity index (χ1v) is 10.7. The van der Waals surface area contributed by atoms with Crippen molar-refractivity contribution >= 4 is 28.3 Å². The molecule has 4 rings (SSSR count). The van der Waals surface area contributed by atoms with E-state index in [1.807, 2.05) is 18.4 Å². The number of rotatable bonds is 2. The molecule has 1 aromatic heterocycles. The zero-order chi connectivity index (χ0) is 23.0. The Balaban J connectivity index is 0.000000241. The summed E-state index contributed by atoms with van der Waals surface area (Å²) in [5.41, 5.74) is 0. The number of aromatic nitrogens is 2. The molecular weight excluding hydrogens is 467 g/mol. The van der Waals surface area contributed by atoms with Crippen LogP contribution in [-0.4, -0.2) is 65.0 Å². The van der Waals surface area contributed by atoms with E-state index in [9.17, 15) is 0 Å². The van der Waals surface area contributed by atoms with Crippen LogP contribution in [0.3, 0.4) is 0 Å². The van der Waals surface area contributed by atoms with Gasteiger partial charge in [0.2, 0.25) is 0 Å². The van der Waals surface area contributed by atoms with Crippen molar-refractivity contribution in [3.8, 4) is 0 Å². The van der Waals surface area contributed by atoms with Gasteiger partial charge in [-0.05, 0) is 18.3 Å². The molecule has 1 atom stereocenters. The number of amidine groups is 2. The molecule has 4 N–H and O–H groups in total. The second-order valence-corrected chi connectivity index (χ2v) is 6.34. The van der Waals surface area contributed by atoms with E-state index in [0.29, 0.717) is 0 Å². The van der Waals surface area contributed by atoms with Crippen LogP contribution in [0.15, 0.2) is 58.0 Å². The molecule has 0 saturated heterocycles. The van der Waals surface area contributed by atoms with E-state index in [0.717, 1.165) is 60.9 Å². The molecule has 0 bridgehead atoms. The number of aliphatic imine (C=N–C) groups is 3. The minimum atomic E-state index is -4.67. The topological polar surface area (TPSA) is 193 Å². The van der Waals surface area contributed by atoms with Gasteiger partial charge in [0.15, 0.2) is 11.7 Å². The van der Waals surface area contributed by atoms with Crippen LogP contribution in [-0.2, 0) is 31.4 Å². The van der Waals surface area contributed by atoms with Gasteiger partial charge in [0, 0.05) is 50.9 Å². The van der Waals surface area contributed by atoms with Gasteiger partial charge in [0.1, 0.15) is 5.82 Å². The number of nitrogens with zero attached hydrogens (tertiary/aromatic N) is 6. The molecule has 1 aromatic rings. The normalized spacial score (nSPS) is 18.7. The van der Waals surface area contributed by atoms with Crippen LogP contribution in [0.5, 0.6) is 0 Å². The molecule has 0 radical (unpaired) electrons. The molecule has 0 saturated carbocycles. The van der Waals surface area contributed by atoms with Gasteiger partial charge in [0.05, 0.1) is 0 Å². The molecule has 3 aliphatic heterocycles. The summed E-state index contributed by atoms with van der Waals surface area (Å²) in [4.78, 5) is 20.7. The molecular formula is C16H21N8O5SV-. The monoisotopic (exact) mass is 488 g/mol. The fourth-order valence-corrected chi connectivity index (χ4v) is 2.12. The van der Waals surface area contributed by atoms with Crippen LogP contribution in [0.2, 0.25) is 0 Å². The molecule has 1 unspecified atom stereocenters. The zero-order valence-electron chi connectivity index (χ0n) is 16.2. The predicted octanol–water partition coefficient (Wildman–Crippen LogP) is 0.567. The Morgan fingerprint density at radius 3 is 2.35 bits per heavy atom. The van der Waals surface area contributed by atoms with E-state index in [-0.39, 0.29) is 6.17 Å². The molecule has 15 heteroatoms. The molecule has 0 amide bonds. The summed E-state index contributed by atoms with van der Waals surface area (Å²) in [5, 5.41) is 10.4. The molecule has 31 heavy (non-hydrogen) atoms. The summed E-state index contributed by atoms with van der Waals surface area (Å²) in [7, 11) is -4.67. The van der Waals surface area contributed by atoms with Crippen molar-refractivity contribution in [2.75, 3.05) is 19.6 Å². The zero-order valence-corrected chi connectivity index (χ0v) is 18.4. The summed E-state index contributed by atoms with van der Waals surface area (Å²) < 4.78 is 39.8. The first-order valence-electron chi connectivity index (χ1n) is 8.71. The van der Waals surface area contributed by atoms with Gasteiger partial charge in [-0.25, -0.2) is 20.0 Å². The average molecular weight is 488 g/mol. The van der Waals surface area contributed by atoms with Crippen LogP contribution >= 0.6 is 0 Å². The Hall–Kier alpha value is -2.62. The molecule has 4 heterocycles. The summed E-state index contributed by atoms with van der Waals surface area (Å²) in [6.45, 7) is 2.46. The quantitative estimate of drug-likeness (QED) is 0.431. The minimum absolute atomic E-state index is 0.0730. The third kappa shape index (κ3) is 12.6. The molecule has 0 spiro atoms. The maximum absolute atomic E-state index is 8.74. The average Bonchev–Trinajstić information content (AvgIpc) is 2.82. The Morgan fingerprint density at radius 1 is 1.13 bits per heavy atom. The Kier molecular flexibility index (Phi) is 13.0. The van der Waals surface area contributed by atoms with E-state index in [2.05, 4.69) is 40.9 Å². The fraction of sp³-hybridized carbons (Fsp3) is 0.312. The van der Waals surface area contributed by atoms with Gasteiger partial charge in [0.25, 0.3) is 0 Å². The van der Waals surface area contributed by atoms with Gasteiger partial charge >= 0.3 is 31.4 Å². The third-order valence-electron chi connectivity index (χ3n) is 3.24. The Bertz CT molecular complexity index is 913. The summed E-state index contributed by atoms with van der Waals surface area (Å²) in [6.07, 6.45) is 13.7. The summed E-state index contributed by atoms with van der Waals surface area (Å²) in [6, 6.07) is 1.79. The van der Waals surface area contributed by atoms with Crippen LogP contribution in [0.25, 0.3) is 5.32 Å². The van der Waals surface area contributed by atoms with Crippen LogP contribution in [0.1, 0.15) is 18.4 Å². The van der Waals surface area contributed by atoms with Crippen LogP contribution in [0.4, 0.5) is 0 Å². The van der Waals surface area contributed by atoms with Crippen molar-refractivity contribution in [1.29, 1.82) is 0 Å². The molecule has 0 fully saturated rings. The molecule has 0 aromatic carbocycles. The van der Waals surface area contributed by atoms with Gasteiger partial charge in [-0.2, -0.15) is 14.6 Å². The van der Waals surface area contributed by atoms with E-state index in [4.69, 9.17) is 21.2 Å². The SMILES string of the molecule is C1=CN=C(C2=NCCC=N2)NC1.C1=C[N-]C(c2ncccn2)NC1.O=S(=O)(O)O.[O]=[V]. The number of nitrogens with one attached hydrogen (secondary N) is 2. The summed E-state index contributed by atoms with van der Waals surface area (Å²) >= 11 is 1.06. The van der Waals surface area contributed by atoms with Gasteiger partial charge in [-0.3, -0.25) is 14.1 Å². The number of hydrogen-bond donors (Lipinski definition) is 4. The van der Waals surface area contributed by atoms with Crippen molar-refractivity contribution < 1.29 is 38.6 Å². The van der Waals surface area contributed by atoms with Crippen molar-refractivity contribution in [2.24, 2.45) is 15.0 Å². The predicted molar refractivity (Wildman–Crippen MR) is 110 cm³/mol. The molecule has 167 valence electrons. The molecule has 13 nitrogen and oxygen atoms in total. The van der Waals surface area contributed by atoms with E-state index in [1.54, 1.807) is 30.9 Å². The van der Waals surface area contributed by atoms with E-state index in [1.165, 1.54) is 0 Å². The van der Waals surface area contributed by atoms with Gasteiger partial charge in [-0.15, -0.1) is 0 Å². The van der Waals surface area contributed by atoms with E-state index < -0.39 is 10.4 Å². The van der Waals surface area contributed by atoms with Crippen LogP contribution in [0, 0.1) is 0 Å². The molecule has 3 aliphatic rings. The van der Waals surface area contributed by atoms with Crippen molar-refractivity contribution in [3.05, 3.63) is 54.2 Å². The standard InChI is InChI=1S/C8H10N4.C8H9N4.H2O4S.O.V/c2*1-3-9-7(10-4-1)8-11-5-2-6-12-8;1-5(2,3)4;;/h1,3,5H,2,4,6H2,(H,9,10);1-5,8,12H,6H2;(H2,1,2,3,4);;/q;-1;;;. The fourth-order valence-electron chi connectivity index (χ4n) is 2.12. The van der Waals surface area contributed by atoms with Gasteiger partial charge in [-0.1, -0.05) is 6.08 Å². The first-order chi connectivity index (χ1) is 14.9. The third-order valence-corrected chi connectivity index (χ3v) is 3.24. The van der Waals surface area contributed by atoms with Crippen LogP contribution < -0.4 is 10.6 Å². The van der Waals surface area contributed by atoms with Crippen molar-refractivity contribution in [1.82, 2.24) is 20.6 Å². The van der Waals surface area contributed by atoms with Crippen molar-refractivity contribution in [3.63, 3.8) is 0 Å². The number of hydrogen-bond acceptors (Lipinski definition) is 10. The second kappa shape index (κ2) is 15.2. The van der Waals surface area contributed by atoms with Gasteiger partial charge < -0.3 is 16.0 Å². The van der Waals surface area contributed by atoms with E-state index >= 15 is 0 Å². The first kappa shape index (κ1) is 26.4. The molecule has 0 aliphatic carbocycles. The second-order valence-electron chi connectivity index (χ2n) is 5.45. The Morgan fingerprint density at radius 2 is 1.84 bits per heavy atom.